The van der Waals surface area contributed by atoms with Crippen LogP contribution < -0.4 is 16.0 Å². The minimum atomic E-state index is -0.968. The molecule has 28 heavy (non-hydrogen) atoms. The Kier molecular flexibility index (Phi) is 10.9. The van der Waals surface area contributed by atoms with Crippen LogP contribution in [0.2, 0.25) is 0 Å². The van der Waals surface area contributed by atoms with Crippen molar-refractivity contribution in [2.75, 3.05) is 25.0 Å². The van der Waals surface area contributed by atoms with Gasteiger partial charge in [-0.25, -0.2) is 14.6 Å². The number of unbranched alkanes of at least 4 members (excludes halogenated alkanes) is 3. The lowest BCUT2D eigenvalue weighted by atomic mass is 9.96. The van der Waals surface area contributed by atoms with Crippen molar-refractivity contribution >= 4 is 18.1 Å². The third-order valence-corrected chi connectivity index (χ3v) is 4.14. The summed E-state index contributed by atoms with van der Waals surface area (Å²) in [6, 6.07) is -0.355. The number of amides is 3. The molecule has 1 rings (SSSR count). The minimum Gasteiger partial charge on any atom is -0.447 e. The predicted molar refractivity (Wildman–Crippen MR) is 103 cm³/mol. The first-order valence-corrected chi connectivity index (χ1v) is 9.54. The van der Waals surface area contributed by atoms with Crippen molar-refractivity contribution in [2.45, 2.75) is 64.1 Å². The van der Waals surface area contributed by atoms with Crippen molar-refractivity contribution < 1.29 is 24.5 Å². The number of alkyl carbamates (subject to hydrolysis) is 1. The van der Waals surface area contributed by atoms with Crippen molar-refractivity contribution in [3.8, 4) is 0 Å². The molecule has 0 aliphatic rings. The molecular weight excluding hydrogens is 368 g/mol. The van der Waals surface area contributed by atoms with Crippen LogP contribution in [0.4, 0.5) is 15.5 Å². The number of hydrogen-bond donors (Lipinski definition) is 6. The molecule has 160 valence electrons. The maximum Gasteiger partial charge on any atom is 0.407 e. The zero-order valence-corrected chi connectivity index (χ0v) is 16.5. The SMILES string of the molecule is CCC(C)(O)CC(O)COC(=O)NCCCCCCNC(=O)Nc1nc[nH]n1. The van der Waals surface area contributed by atoms with Crippen molar-refractivity contribution in [1.82, 2.24) is 25.8 Å². The second kappa shape index (κ2) is 12.9. The van der Waals surface area contributed by atoms with E-state index in [1.54, 1.807) is 6.92 Å². The summed E-state index contributed by atoms with van der Waals surface area (Å²) < 4.78 is 4.93. The van der Waals surface area contributed by atoms with Crippen molar-refractivity contribution in [3.05, 3.63) is 6.33 Å². The number of aliphatic hydroxyl groups is 2. The van der Waals surface area contributed by atoms with Crippen LogP contribution in [0.3, 0.4) is 0 Å². The van der Waals surface area contributed by atoms with Gasteiger partial charge in [0.05, 0.1) is 11.7 Å². The summed E-state index contributed by atoms with van der Waals surface area (Å²) in [6.07, 6.45) is 3.96. The Labute approximate surface area is 164 Å². The van der Waals surface area contributed by atoms with E-state index < -0.39 is 17.8 Å². The van der Waals surface area contributed by atoms with Gasteiger partial charge in [-0.1, -0.05) is 19.8 Å². The van der Waals surface area contributed by atoms with E-state index in [1.807, 2.05) is 6.92 Å². The Morgan fingerprint density at radius 3 is 2.54 bits per heavy atom. The Morgan fingerprint density at radius 2 is 1.93 bits per heavy atom. The molecule has 0 radical (unpaired) electrons. The summed E-state index contributed by atoms with van der Waals surface area (Å²) in [7, 11) is 0. The van der Waals surface area contributed by atoms with Crippen LogP contribution in [0, 0.1) is 0 Å². The molecule has 0 fully saturated rings. The van der Waals surface area contributed by atoms with Gasteiger partial charge in [0.1, 0.15) is 12.9 Å². The van der Waals surface area contributed by atoms with Gasteiger partial charge in [0.25, 0.3) is 0 Å². The van der Waals surface area contributed by atoms with Crippen molar-refractivity contribution in [2.24, 2.45) is 0 Å². The van der Waals surface area contributed by atoms with Crippen molar-refractivity contribution in [3.63, 3.8) is 0 Å². The number of carbonyl (C=O) groups excluding carboxylic acids is 2. The molecule has 6 N–H and O–H groups in total. The van der Waals surface area contributed by atoms with Crippen LogP contribution in [0.25, 0.3) is 0 Å². The van der Waals surface area contributed by atoms with Gasteiger partial charge in [-0.05, 0) is 26.2 Å². The number of aromatic amines is 1. The fraction of sp³-hybridized carbons (Fsp3) is 0.765. The summed E-state index contributed by atoms with van der Waals surface area (Å²) in [6.45, 7) is 4.31. The monoisotopic (exact) mass is 400 g/mol. The van der Waals surface area contributed by atoms with Gasteiger partial charge in [0, 0.05) is 19.5 Å². The van der Waals surface area contributed by atoms with Crippen LogP contribution in [0.15, 0.2) is 6.33 Å². The molecule has 0 aromatic carbocycles. The number of anilines is 1. The average Bonchev–Trinajstić information content (AvgIpc) is 3.14. The fourth-order valence-corrected chi connectivity index (χ4v) is 2.34. The Bertz CT molecular complexity index is 566. The number of hydrogen-bond acceptors (Lipinski definition) is 7. The molecule has 1 aromatic rings. The van der Waals surface area contributed by atoms with Crippen LogP contribution in [0.5, 0.6) is 0 Å². The zero-order valence-electron chi connectivity index (χ0n) is 16.5. The van der Waals surface area contributed by atoms with Gasteiger partial charge in [-0.2, -0.15) is 0 Å². The maximum absolute atomic E-state index is 11.5. The standard InChI is InChI=1S/C17H32N6O5/c1-3-17(2,27)10-13(24)11-28-16(26)19-9-7-5-4-6-8-18-15(25)22-14-20-12-21-23-14/h12-13,24,27H,3-11H2,1-2H3,(H,19,26)(H3,18,20,21,22,23,25). The largest absolute Gasteiger partial charge is 0.447 e. The quantitative estimate of drug-likeness (QED) is 0.270. The van der Waals surface area contributed by atoms with E-state index in [4.69, 9.17) is 4.74 Å². The first kappa shape index (κ1) is 23.6. The lowest BCUT2D eigenvalue weighted by molar-refractivity contribution is -0.0198. The third-order valence-electron chi connectivity index (χ3n) is 4.14. The summed E-state index contributed by atoms with van der Waals surface area (Å²) >= 11 is 0. The van der Waals surface area contributed by atoms with Gasteiger partial charge in [0.2, 0.25) is 5.95 Å². The number of nitrogens with zero attached hydrogens (tertiary/aromatic N) is 2. The molecule has 0 aliphatic carbocycles. The molecule has 11 heteroatoms. The molecule has 0 spiro atoms. The first-order chi connectivity index (χ1) is 13.3. The molecule has 11 nitrogen and oxygen atoms in total. The number of aromatic nitrogens is 3. The molecule has 2 atom stereocenters. The Morgan fingerprint density at radius 1 is 1.25 bits per heavy atom. The summed E-state index contributed by atoms with van der Waals surface area (Å²) in [4.78, 5) is 26.8. The van der Waals surface area contributed by atoms with Gasteiger partial charge in [0.15, 0.2) is 0 Å². The molecule has 3 amide bonds. The van der Waals surface area contributed by atoms with E-state index in [9.17, 15) is 19.8 Å². The zero-order chi connectivity index (χ0) is 20.8. The second-order valence-corrected chi connectivity index (χ2v) is 6.85. The van der Waals surface area contributed by atoms with E-state index >= 15 is 0 Å². The lowest BCUT2D eigenvalue weighted by Gasteiger charge is -2.24. The fourth-order valence-electron chi connectivity index (χ4n) is 2.34. The van der Waals surface area contributed by atoms with Crippen LogP contribution in [0.1, 0.15) is 52.4 Å². The lowest BCUT2D eigenvalue weighted by Crippen LogP contribution is -2.34. The van der Waals surface area contributed by atoms with E-state index in [2.05, 4.69) is 31.1 Å². The highest BCUT2D eigenvalue weighted by molar-refractivity contribution is 5.87. The van der Waals surface area contributed by atoms with Crippen LogP contribution >= 0.6 is 0 Å². The molecule has 2 unspecified atom stereocenters. The number of H-pyrrole nitrogens is 1. The molecule has 0 saturated carbocycles. The van der Waals surface area contributed by atoms with Crippen LogP contribution in [-0.2, 0) is 4.74 Å². The number of urea groups is 1. The highest BCUT2D eigenvalue weighted by Gasteiger charge is 2.23. The number of carbonyl (C=O) groups is 2. The first-order valence-electron chi connectivity index (χ1n) is 9.54. The van der Waals surface area contributed by atoms with Gasteiger partial charge >= 0.3 is 12.1 Å². The molecule has 1 aromatic heterocycles. The third kappa shape index (κ3) is 11.3. The van der Waals surface area contributed by atoms with Gasteiger partial charge in [-0.15, -0.1) is 5.10 Å². The molecule has 0 bridgehead atoms. The van der Waals surface area contributed by atoms with E-state index in [1.165, 1.54) is 6.33 Å². The van der Waals surface area contributed by atoms with E-state index in [-0.39, 0.29) is 25.0 Å². The second-order valence-electron chi connectivity index (χ2n) is 6.85. The Balaban J connectivity index is 1.93. The van der Waals surface area contributed by atoms with E-state index in [0.717, 1.165) is 25.7 Å². The molecular formula is C17H32N6O5. The van der Waals surface area contributed by atoms with Crippen LogP contribution in [-0.4, -0.2) is 68.9 Å². The number of ether oxygens (including phenoxy) is 1. The molecule has 1 heterocycles. The topological polar surface area (TPSA) is 161 Å². The number of rotatable bonds is 13. The minimum absolute atomic E-state index is 0.149. The maximum atomic E-state index is 11.5. The summed E-state index contributed by atoms with van der Waals surface area (Å²) in [5, 5.41) is 33.6. The van der Waals surface area contributed by atoms with Gasteiger partial charge < -0.3 is 25.6 Å². The highest BCUT2D eigenvalue weighted by Crippen LogP contribution is 2.16. The smallest absolute Gasteiger partial charge is 0.407 e. The number of aliphatic hydroxyl groups excluding tert-OH is 1. The van der Waals surface area contributed by atoms with E-state index in [0.29, 0.717) is 19.5 Å². The molecule has 0 aliphatic heterocycles. The predicted octanol–water partition coefficient (Wildman–Crippen LogP) is 1.12. The highest BCUT2D eigenvalue weighted by atomic mass is 16.6. The van der Waals surface area contributed by atoms with Gasteiger partial charge in [-0.3, -0.25) is 10.4 Å². The molecule has 0 saturated heterocycles. The Hall–Kier alpha value is -2.40. The average molecular weight is 400 g/mol. The summed E-state index contributed by atoms with van der Waals surface area (Å²) in [5.74, 6) is 0.221. The van der Waals surface area contributed by atoms with Crippen molar-refractivity contribution in [1.29, 1.82) is 0 Å². The number of nitrogens with one attached hydrogen (secondary N) is 4. The normalized spacial score (nSPS) is 14.0. The summed E-state index contributed by atoms with van der Waals surface area (Å²) in [5.41, 5.74) is -0.968.